The number of carbonyl (C=O) groups excluding carboxylic acids is 4. The van der Waals surface area contributed by atoms with Gasteiger partial charge in [0.25, 0.3) is 5.91 Å². The normalized spacial score (nSPS) is 16.8. The lowest BCUT2D eigenvalue weighted by Crippen LogP contribution is -2.31. The molecule has 0 spiro atoms. The molecule has 1 aliphatic carbocycles. The number of unbranched alkanes of at least 4 members (excludes halogenated alkanes) is 1. The third kappa shape index (κ3) is 14.3. The van der Waals surface area contributed by atoms with Crippen LogP contribution in [0.25, 0.3) is 0 Å². The average molecular weight is 642 g/mol. The summed E-state index contributed by atoms with van der Waals surface area (Å²) in [6.07, 6.45) is 15.2. The molecule has 3 rings (SSSR count). The van der Waals surface area contributed by atoms with E-state index in [1.54, 1.807) is 13.4 Å². The van der Waals surface area contributed by atoms with Crippen LogP contribution in [0.3, 0.4) is 0 Å². The maximum atomic E-state index is 13.0. The van der Waals surface area contributed by atoms with Crippen molar-refractivity contribution in [3.63, 3.8) is 0 Å². The molecule has 2 aliphatic rings. The fraction of sp³-hybridized carbons (Fsp3) is 0.622. The van der Waals surface area contributed by atoms with Crippen LogP contribution < -0.4 is 15.4 Å². The Bertz CT molecular complexity index is 1080. The van der Waals surface area contributed by atoms with Crippen molar-refractivity contribution in [1.82, 2.24) is 15.5 Å². The molecule has 0 bridgehead atoms. The Hall–Kier alpha value is -3.46. The number of likely N-dealkylation sites (tertiary alicyclic amines) is 1. The van der Waals surface area contributed by atoms with Crippen LogP contribution in [0.5, 0.6) is 5.75 Å². The van der Waals surface area contributed by atoms with Gasteiger partial charge in [0, 0.05) is 26.1 Å². The van der Waals surface area contributed by atoms with Gasteiger partial charge in [-0.25, -0.2) is 0 Å². The van der Waals surface area contributed by atoms with Crippen molar-refractivity contribution in [2.45, 2.75) is 110 Å². The zero-order valence-electron chi connectivity index (χ0n) is 28.9. The minimum absolute atomic E-state index is 0.0453. The van der Waals surface area contributed by atoms with E-state index in [1.807, 2.05) is 40.4 Å². The fourth-order valence-corrected chi connectivity index (χ4v) is 6.26. The molecule has 9 nitrogen and oxygen atoms in total. The first-order chi connectivity index (χ1) is 22.3. The van der Waals surface area contributed by atoms with Gasteiger partial charge in [0.05, 0.1) is 25.0 Å². The number of hydrogen-bond acceptors (Lipinski definition) is 7. The molecule has 2 fully saturated rings. The second-order valence-corrected chi connectivity index (χ2v) is 12.3. The van der Waals surface area contributed by atoms with Gasteiger partial charge in [0.2, 0.25) is 5.91 Å². The second kappa shape index (κ2) is 23.8. The van der Waals surface area contributed by atoms with Crippen LogP contribution in [-0.2, 0) is 36.9 Å². The molecule has 1 aromatic carbocycles. The van der Waals surface area contributed by atoms with Gasteiger partial charge < -0.3 is 29.7 Å². The summed E-state index contributed by atoms with van der Waals surface area (Å²) in [7, 11) is 1.67. The van der Waals surface area contributed by atoms with Gasteiger partial charge in [-0.15, -0.1) is 0 Å². The Balaban J connectivity index is 0.00000254. The number of ether oxygens (including phenoxy) is 2. The Labute approximate surface area is 277 Å². The summed E-state index contributed by atoms with van der Waals surface area (Å²) in [6, 6.07) is 6.15. The first-order valence-electron chi connectivity index (χ1n) is 16.9. The summed E-state index contributed by atoms with van der Waals surface area (Å²) in [5.74, 6) is 2.42. The first-order valence-corrected chi connectivity index (χ1v) is 16.9. The molecule has 0 unspecified atom stereocenters. The van der Waals surface area contributed by atoms with Crippen molar-refractivity contribution >= 4 is 25.4 Å². The molecule has 1 heterocycles. The SMILES string of the molecule is C=C(O/C=C(/C(=O)NCCCCC1CCCCC1)C(C)C)[C@@H]1CCCN1Cc1cc(OC)ccc1CCC(=O)NCC.C=O.C=O. The molecule has 0 aromatic heterocycles. The predicted molar refractivity (Wildman–Crippen MR) is 184 cm³/mol. The number of rotatable bonds is 17. The van der Waals surface area contributed by atoms with E-state index in [2.05, 4.69) is 34.2 Å². The minimum Gasteiger partial charge on any atom is -0.497 e. The summed E-state index contributed by atoms with van der Waals surface area (Å²) in [5, 5.41) is 6.00. The Morgan fingerprint density at radius 2 is 1.72 bits per heavy atom. The van der Waals surface area contributed by atoms with Crippen molar-refractivity contribution in [3.8, 4) is 5.75 Å². The Morgan fingerprint density at radius 1 is 1.00 bits per heavy atom. The highest BCUT2D eigenvalue weighted by Crippen LogP contribution is 2.30. The molecule has 2 N–H and O–H groups in total. The molecule has 258 valence electrons. The van der Waals surface area contributed by atoms with E-state index in [1.165, 1.54) is 44.9 Å². The highest BCUT2D eigenvalue weighted by atomic mass is 16.5. The van der Waals surface area contributed by atoms with Crippen LogP contribution in [0.15, 0.2) is 42.4 Å². The van der Waals surface area contributed by atoms with Crippen LogP contribution in [0.4, 0.5) is 0 Å². The van der Waals surface area contributed by atoms with E-state index >= 15 is 0 Å². The molecular formula is C37H59N3O6. The number of carbonyl (C=O) groups is 4. The molecule has 1 aromatic rings. The molecule has 1 saturated carbocycles. The Kier molecular flexibility index (Phi) is 21.0. The summed E-state index contributed by atoms with van der Waals surface area (Å²) in [6.45, 7) is 17.2. The van der Waals surface area contributed by atoms with E-state index in [4.69, 9.17) is 19.1 Å². The zero-order chi connectivity index (χ0) is 34.3. The van der Waals surface area contributed by atoms with Crippen molar-refractivity contribution in [2.24, 2.45) is 11.8 Å². The predicted octanol–water partition coefficient (Wildman–Crippen LogP) is 6.30. The lowest BCUT2D eigenvalue weighted by Gasteiger charge is -2.27. The van der Waals surface area contributed by atoms with E-state index in [-0.39, 0.29) is 23.8 Å². The molecule has 2 amide bonds. The van der Waals surface area contributed by atoms with Crippen LogP contribution in [0.1, 0.15) is 103 Å². The number of aryl methyl sites for hydroxylation is 1. The number of methoxy groups -OCH3 is 1. The van der Waals surface area contributed by atoms with E-state index < -0.39 is 0 Å². The van der Waals surface area contributed by atoms with Crippen LogP contribution >= 0.6 is 0 Å². The zero-order valence-corrected chi connectivity index (χ0v) is 28.9. The molecule has 0 radical (unpaired) electrons. The maximum Gasteiger partial charge on any atom is 0.250 e. The molecular weight excluding hydrogens is 582 g/mol. The summed E-state index contributed by atoms with van der Waals surface area (Å²) in [5.41, 5.74) is 2.95. The van der Waals surface area contributed by atoms with Crippen molar-refractivity contribution in [3.05, 3.63) is 53.5 Å². The van der Waals surface area contributed by atoms with E-state index in [0.717, 1.165) is 55.1 Å². The van der Waals surface area contributed by atoms with Gasteiger partial charge in [0.15, 0.2) is 0 Å². The third-order valence-electron chi connectivity index (χ3n) is 8.79. The standard InChI is InChI=1S/C35H55N3O4.2CH2O/c1-6-36-34(39)20-18-29-17-19-31(41-5)23-30(29)24-38-22-12-16-33(38)27(4)42-25-32(26(2)3)35(40)37-21-11-10-15-28-13-8-7-9-14-28;2*1-2/h17,19,23,25-26,28,33H,4,6-16,18,20-22,24H2,1-3,5H3,(H,36,39)(H,37,40);2*1H2/b32-25+;;/t33-;;/m0../s1. The minimum atomic E-state index is -0.0492. The molecule has 1 aliphatic heterocycles. The summed E-state index contributed by atoms with van der Waals surface area (Å²) >= 11 is 0. The smallest absolute Gasteiger partial charge is 0.250 e. The summed E-state index contributed by atoms with van der Waals surface area (Å²) in [4.78, 5) is 43.5. The third-order valence-corrected chi connectivity index (χ3v) is 8.79. The fourth-order valence-electron chi connectivity index (χ4n) is 6.26. The average Bonchev–Trinajstić information content (AvgIpc) is 3.54. The lowest BCUT2D eigenvalue weighted by atomic mass is 9.86. The monoisotopic (exact) mass is 641 g/mol. The van der Waals surface area contributed by atoms with Gasteiger partial charge in [-0.3, -0.25) is 14.5 Å². The number of hydrogen-bond donors (Lipinski definition) is 2. The Morgan fingerprint density at radius 3 is 2.37 bits per heavy atom. The quantitative estimate of drug-likeness (QED) is 0.117. The van der Waals surface area contributed by atoms with Crippen molar-refractivity contribution < 1.29 is 28.7 Å². The maximum absolute atomic E-state index is 13.0. The summed E-state index contributed by atoms with van der Waals surface area (Å²) < 4.78 is 11.6. The van der Waals surface area contributed by atoms with Crippen molar-refractivity contribution in [2.75, 3.05) is 26.7 Å². The van der Waals surface area contributed by atoms with Crippen LogP contribution in [-0.4, -0.2) is 63.1 Å². The van der Waals surface area contributed by atoms with Crippen LogP contribution in [0, 0.1) is 11.8 Å². The molecule has 46 heavy (non-hydrogen) atoms. The second-order valence-electron chi connectivity index (χ2n) is 12.3. The highest BCUT2D eigenvalue weighted by Gasteiger charge is 2.29. The van der Waals surface area contributed by atoms with E-state index in [0.29, 0.717) is 37.3 Å². The number of benzene rings is 1. The number of nitrogens with one attached hydrogen (secondary N) is 2. The van der Waals surface area contributed by atoms with Gasteiger partial charge in [-0.1, -0.05) is 71.4 Å². The topological polar surface area (TPSA) is 114 Å². The van der Waals surface area contributed by atoms with Gasteiger partial charge >= 0.3 is 0 Å². The van der Waals surface area contributed by atoms with E-state index in [9.17, 15) is 9.59 Å². The largest absolute Gasteiger partial charge is 0.497 e. The first kappa shape index (κ1) is 40.6. The van der Waals surface area contributed by atoms with Gasteiger partial charge in [-0.05, 0) is 74.2 Å². The van der Waals surface area contributed by atoms with Gasteiger partial charge in [-0.2, -0.15) is 0 Å². The number of nitrogens with zero attached hydrogens (tertiary/aromatic N) is 1. The number of amides is 2. The molecule has 1 atom stereocenters. The van der Waals surface area contributed by atoms with Crippen molar-refractivity contribution in [1.29, 1.82) is 0 Å². The molecule has 1 saturated heterocycles. The lowest BCUT2D eigenvalue weighted by molar-refractivity contribution is -0.121. The van der Waals surface area contributed by atoms with Crippen LogP contribution in [0.2, 0.25) is 0 Å². The molecule has 9 heteroatoms. The highest BCUT2D eigenvalue weighted by molar-refractivity contribution is 5.93. The van der Waals surface area contributed by atoms with Gasteiger partial charge in [0.1, 0.15) is 25.1 Å².